The van der Waals surface area contributed by atoms with Gasteiger partial charge in [0.1, 0.15) is 0 Å². The number of aliphatic hydroxyl groups is 1. The Morgan fingerprint density at radius 1 is 1.38 bits per heavy atom. The first-order valence-corrected chi connectivity index (χ1v) is 6.82. The third-order valence-corrected chi connectivity index (χ3v) is 3.95. The maximum Gasteiger partial charge on any atom is 0.0863 e. The van der Waals surface area contributed by atoms with E-state index in [1.54, 1.807) is 7.11 Å². The van der Waals surface area contributed by atoms with Crippen LogP contribution in [0.4, 0.5) is 0 Å². The van der Waals surface area contributed by atoms with Crippen LogP contribution in [-0.2, 0) is 14.2 Å². The molecule has 1 unspecified atom stereocenters. The second-order valence-electron chi connectivity index (χ2n) is 3.87. The molecule has 0 radical (unpaired) electrons. The highest BCUT2D eigenvalue weighted by atomic mass is 32.2. The van der Waals surface area contributed by atoms with Gasteiger partial charge in [0.15, 0.2) is 0 Å². The molecule has 96 valence electrons. The average molecular weight is 250 g/mol. The van der Waals surface area contributed by atoms with Crippen LogP contribution in [0.5, 0.6) is 0 Å². The van der Waals surface area contributed by atoms with Crippen molar-refractivity contribution < 1.29 is 19.3 Å². The minimum absolute atomic E-state index is 0.371. The Labute approximate surface area is 102 Å². The molecule has 0 spiro atoms. The molecular formula is C11H22O4S. The molecule has 0 aromatic heterocycles. The third kappa shape index (κ3) is 6.70. The zero-order valence-corrected chi connectivity index (χ0v) is 10.7. The molecule has 1 saturated heterocycles. The van der Waals surface area contributed by atoms with Crippen molar-refractivity contribution in [2.45, 2.75) is 24.2 Å². The van der Waals surface area contributed by atoms with E-state index in [9.17, 15) is 5.11 Å². The summed E-state index contributed by atoms with van der Waals surface area (Å²) in [7, 11) is 1.64. The molecule has 0 aromatic carbocycles. The van der Waals surface area contributed by atoms with Crippen molar-refractivity contribution in [2.24, 2.45) is 0 Å². The first kappa shape index (κ1) is 14.3. The summed E-state index contributed by atoms with van der Waals surface area (Å²) >= 11 is 1.83. The molecule has 0 amide bonds. The summed E-state index contributed by atoms with van der Waals surface area (Å²) in [6, 6.07) is 0. The van der Waals surface area contributed by atoms with Gasteiger partial charge in [-0.05, 0) is 12.8 Å². The molecule has 1 aliphatic rings. The topological polar surface area (TPSA) is 47.9 Å². The van der Waals surface area contributed by atoms with Gasteiger partial charge in [-0.3, -0.25) is 0 Å². The lowest BCUT2D eigenvalue weighted by Gasteiger charge is -2.22. The van der Waals surface area contributed by atoms with E-state index < -0.39 is 0 Å². The highest BCUT2D eigenvalue weighted by molar-refractivity contribution is 7.99. The van der Waals surface area contributed by atoms with Gasteiger partial charge in [-0.1, -0.05) is 0 Å². The van der Waals surface area contributed by atoms with Crippen LogP contribution in [0.2, 0.25) is 0 Å². The number of rotatable bonds is 8. The normalized spacial score (nSPS) is 19.9. The molecule has 1 atom stereocenters. The minimum Gasteiger partial charge on any atom is -0.390 e. The summed E-state index contributed by atoms with van der Waals surface area (Å²) in [5.74, 6) is 0.748. The number of thioether (sulfide) groups is 1. The first-order chi connectivity index (χ1) is 7.83. The first-order valence-electron chi connectivity index (χ1n) is 5.77. The Kier molecular flexibility index (Phi) is 8.23. The molecule has 0 saturated carbocycles. The van der Waals surface area contributed by atoms with E-state index in [2.05, 4.69) is 0 Å². The van der Waals surface area contributed by atoms with Gasteiger partial charge in [0.25, 0.3) is 0 Å². The molecular weight excluding hydrogens is 228 g/mol. The van der Waals surface area contributed by atoms with Crippen molar-refractivity contribution in [3.05, 3.63) is 0 Å². The van der Waals surface area contributed by atoms with Crippen molar-refractivity contribution in [3.8, 4) is 0 Å². The lowest BCUT2D eigenvalue weighted by atomic mass is 10.2. The number of hydrogen-bond donors (Lipinski definition) is 1. The molecule has 1 fully saturated rings. The van der Waals surface area contributed by atoms with E-state index in [0.29, 0.717) is 25.1 Å². The predicted molar refractivity (Wildman–Crippen MR) is 65.0 cm³/mol. The molecule has 1 heterocycles. The predicted octanol–water partition coefficient (Wildman–Crippen LogP) is 0.923. The fourth-order valence-electron chi connectivity index (χ4n) is 1.50. The summed E-state index contributed by atoms with van der Waals surface area (Å²) in [4.78, 5) is 0. The van der Waals surface area contributed by atoms with Gasteiger partial charge >= 0.3 is 0 Å². The summed E-state index contributed by atoms with van der Waals surface area (Å²) < 4.78 is 15.4. The van der Waals surface area contributed by atoms with E-state index in [0.717, 1.165) is 31.8 Å². The van der Waals surface area contributed by atoms with E-state index >= 15 is 0 Å². The minimum atomic E-state index is -0.371. The van der Waals surface area contributed by atoms with Crippen LogP contribution >= 0.6 is 11.8 Å². The molecule has 4 nitrogen and oxygen atoms in total. The largest absolute Gasteiger partial charge is 0.390 e. The van der Waals surface area contributed by atoms with E-state index in [-0.39, 0.29) is 6.10 Å². The average Bonchev–Trinajstić information content (AvgIpc) is 2.33. The van der Waals surface area contributed by atoms with Crippen molar-refractivity contribution >= 4 is 11.8 Å². The van der Waals surface area contributed by atoms with Crippen LogP contribution in [0.3, 0.4) is 0 Å². The molecule has 0 aliphatic carbocycles. The maximum atomic E-state index is 9.66. The molecule has 1 aliphatic heterocycles. The third-order valence-electron chi connectivity index (χ3n) is 2.43. The fourth-order valence-corrected chi connectivity index (χ4v) is 2.62. The number of ether oxygens (including phenoxy) is 3. The van der Waals surface area contributed by atoms with Crippen LogP contribution in [0.1, 0.15) is 12.8 Å². The van der Waals surface area contributed by atoms with Crippen LogP contribution < -0.4 is 0 Å². The fraction of sp³-hybridized carbons (Fsp3) is 1.00. The molecule has 0 bridgehead atoms. The second kappa shape index (κ2) is 9.24. The molecule has 0 aromatic rings. The van der Waals surface area contributed by atoms with Crippen LogP contribution in [0.15, 0.2) is 0 Å². The lowest BCUT2D eigenvalue weighted by Crippen LogP contribution is -2.23. The molecule has 1 rings (SSSR count). The SMILES string of the molecule is COCCOCC(O)CSC1CCOCC1. The van der Waals surface area contributed by atoms with Crippen molar-refractivity contribution in [1.82, 2.24) is 0 Å². The van der Waals surface area contributed by atoms with Crippen molar-refractivity contribution in [1.29, 1.82) is 0 Å². The second-order valence-corrected chi connectivity index (χ2v) is 5.20. The van der Waals surface area contributed by atoms with Crippen molar-refractivity contribution in [2.75, 3.05) is 45.9 Å². The van der Waals surface area contributed by atoms with Gasteiger partial charge in [-0.2, -0.15) is 11.8 Å². The maximum absolute atomic E-state index is 9.66. The standard InChI is InChI=1S/C11H22O4S/c1-13-6-7-15-8-10(12)9-16-11-2-4-14-5-3-11/h10-12H,2-9H2,1H3. The van der Waals surface area contributed by atoms with Crippen LogP contribution in [0, 0.1) is 0 Å². The smallest absolute Gasteiger partial charge is 0.0863 e. The summed E-state index contributed by atoms with van der Waals surface area (Å²) in [6.45, 7) is 3.26. The van der Waals surface area contributed by atoms with Gasteiger partial charge in [0.2, 0.25) is 0 Å². The monoisotopic (exact) mass is 250 g/mol. The molecule has 16 heavy (non-hydrogen) atoms. The summed E-state index contributed by atoms with van der Waals surface area (Å²) in [5.41, 5.74) is 0. The van der Waals surface area contributed by atoms with Gasteiger partial charge in [0.05, 0.1) is 25.9 Å². The highest BCUT2D eigenvalue weighted by Crippen LogP contribution is 2.22. The van der Waals surface area contributed by atoms with Gasteiger partial charge in [0, 0.05) is 31.3 Å². The van der Waals surface area contributed by atoms with E-state index in [1.807, 2.05) is 11.8 Å². The zero-order chi connectivity index (χ0) is 11.6. The summed E-state index contributed by atoms with van der Waals surface area (Å²) in [5, 5.41) is 10.3. The Morgan fingerprint density at radius 3 is 2.81 bits per heavy atom. The Hall–Kier alpha value is 0.190. The number of hydrogen-bond acceptors (Lipinski definition) is 5. The molecule has 1 N–H and O–H groups in total. The quantitative estimate of drug-likeness (QED) is 0.649. The zero-order valence-electron chi connectivity index (χ0n) is 9.89. The summed E-state index contributed by atoms with van der Waals surface area (Å²) in [6.07, 6.45) is 1.83. The Morgan fingerprint density at radius 2 is 2.12 bits per heavy atom. The number of methoxy groups -OCH3 is 1. The lowest BCUT2D eigenvalue weighted by molar-refractivity contribution is 0.0217. The van der Waals surface area contributed by atoms with Gasteiger partial charge in [-0.25, -0.2) is 0 Å². The van der Waals surface area contributed by atoms with E-state index in [1.165, 1.54) is 0 Å². The van der Waals surface area contributed by atoms with E-state index in [4.69, 9.17) is 14.2 Å². The van der Waals surface area contributed by atoms with Gasteiger partial charge < -0.3 is 19.3 Å². The van der Waals surface area contributed by atoms with Gasteiger partial charge in [-0.15, -0.1) is 0 Å². The van der Waals surface area contributed by atoms with Crippen molar-refractivity contribution in [3.63, 3.8) is 0 Å². The highest BCUT2D eigenvalue weighted by Gasteiger charge is 2.15. The Balaban J connectivity index is 1.94. The van der Waals surface area contributed by atoms with Crippen LogP contribution in [-0.4, -0.2) is 62.4 Å². The number of aliphatic hydroxyl groups excluding tert-OH is 1. The van der Waals surface area contributed by atoms with Crippen LogP contribution in [0.25, 0.3) is 0 Å². The molecule has 5 heteroatoms. The Bertz CT molecular complexity index is 162.